The number of anilines is 2. The lowest BCUT2D eigenvalue weighted by molar-refractivity contribution is 0.0698. The van der Waals surface area contributed by atoms with Crippen molar-refractivity contribution in [3.05, 3.63) is 23.8 Å². The highest BCUT2D eigenvalue weighted by Crippen LogP contribution is 2.17. The summed E-state index contributed by atoms with van der Waals surface area (Å²) in [5.41, 5.74) is 5.46. The number of rotatable bonds is 3. The predicted octanol–water partition coefficient (Wildman–Crippen LogP) is 0.173. The molecule has 0 aromatic heterocycles. The van der Waals surface area contributed by atoms with Crippen LogP contribution >= 0.6 is 0 Å². The quantitative estimate of drug-likeness (QED) is 0.491. The van der Waals surface area contributed by atoms with E-state index >= 15 is 0 Å². The topological polar surface area (TPSA) is 115 Å². The average molecular weight is 215 g/mol. The van der Waals surface area contributed by atoms with E-state index in [4.69, 9.17) is 10.8 Å². The minimum absolute atomic E-state index is 0.0831. The molecule has 4 N–H and O–H groups in total. The molecule has 0 bridgehead atoms. The summed E-state index contributed by atoms with van der Waals surface area (Å²) in [6.07, 6.45) is 0. The summed E-state index contributed by atoms with van der Waals surface area (Å²) in [5.74, 6) is -1.21. The van der Waals surface area contributed by atoms with Crippen molar-refractivity contribution in [1.29, 1.82) is 0 Å². The molecule has 14 heavy (non-hydrogen) atoms. The Hall–Kier alpha value is -1.60. The van der Waals surface area contributed by atoms with Gasteiger partial charge in [0.1, 0.15) is 0 Å². The van der Waals surface area contributed by atoms with Crippen molar-refractivity contribution in [1.82, 2.24) is 0 Å². The molecule has 76 valence electrons. The zero-order valence-corrected chi connectivity index (χ0v) is 7.71. The smallest absolute Gasteiger partial charge is 0.337 e. The monoisotopic (exact) mass is 215 g/mol. The summed E-state index contributed by atoms with van der Waals surface area (Å²) in [6.45, 7) is 0. The lowest BCUT2D eigenvalue weighted by Crippen LogP contribution is -2.06. The van der Waals surface area contributed by atoms with Crippen molar-refractivity contribution >= 4 is 28.6 Å². The molecular formula is C7H7N2O4S-. The van der Waals surface area contributed by atoms with E-state index in [0.29, 0.717) is 0 Å². The molecule has 0 amide bonds. The Morgan fingerprint density at radius 3 is 2.71 bits per heavy atom. The second kappa shape index (κ2) is 4.07. The van der Waals surface area contributed by atoms with Gasteiger partial charge in [-0.3, -0.25) is 4.21 Å². The molecular weight excluding hydrogens is 208 g/mol. The van der Waals surface area contributed by atoms with Crippen molar-refractivity contribution in [3.8, 4) is 0 Å². The average Bonchev–Trinajstić information content (AvgIpc) is 2.07. The van der Waals surface area contributed by atoms with E-state index in [-0.39, 0.29) is 16.9 Å². The molecule has 1 unspecified atom stereocenters. The van der Waals surface area contributed by atoms with Gasteiger partial charge in [0.05, 0.1) is 5.56 Å². The maximum atomic E-state index is 10.6. The predicted molar refractivity (Wildman–Crippen MR) is 50.4 cm³/mol. The van der Waals surface area contributed by atoms with E-state index in [0.717, 1.165) is 6.07 Å². The van der Waals surface area contributed by atoms with Crippen LogP contribution in [0, 0.1) is 0 Å². The summed E-state index contributed by atoms with van der Waals surface area (Å²) in [6, 6.07) is 3.84. The van der Waals surface area contributed by atoms with Crippen LogP contribution in [0.25, 0.3) is 0 Å². The fourth-order valence-corrected chi connectivity index (χ4v) is 1.22. The first-order valence-corrected chi connectivity index (χ1v) is 4.57. The van der Waals surface area contributed by atoms with Gasteiger partial charge in [-0.2, -0.15) is 0 Å². The lowest BCUT2D eigenvalue weighted by atomic mass is 10.1. The van der Waals surface area contributed by atoms with Gasteiger partial charge in [0.15, 0.2) is 0 Å². The van der Waals surface area contributed by atoms with Crippen LogP contribution in [0.1, 0.15) is 10.4 Å². The molecule has 0 saturated heterocycles. The number of nitrogens with two attached hydrogens (primary N) is 1. The van der Waals surface area contributed by atoms with Crippen LogP contribution in [0.2, 0.25) is 0 Å². The summed E-state index contributed by atoms with van der Waals surface area (Å²) >= 11 is -2.48. The number of nitrogens with one attached hydrogen (secondary N) is 1. The minimum Gasteiger partial charge on any atom is -0.755 e. The van der Waals surface area contributed by atoms with E-state index in [2.05, 4.69) is 0 Å². The molecule has 0 aliphatic heterocycles. The third kappa shape index (κ3) is 2.44. The molecule has 0 spiro atoms. The van der Waals surface area contributed by atoms with Gasteiger partial charge < -0.3 is 20.1 Å². The molecule has 0 aliphatic rings. The maximum absolute atomic E-state index is 10.6. The van der Waals surface area contributed by atoms with Crippen LogP contribution in [-0.4, -0.2) is 19.8 Å². The first-order chi connectivity index (χ1) is 6.50. The van der Waals surface area contributed by atoms with E-state index in [1.807, 2.05) is 4.72 Å². The molecule has 1 aromatic carbocycles. The van der Waals surface area contributed by atoms with Crippen LogP contribution in [0.5, 0.6) is 0 Å². The molecule has 1 aromatic rings. The van der Waals surface area contributed by atoms with Gasteiger partial charge >= 0.3 is 5.97 Å². The second-order valence-electron chi connectivity index (χ2n) is 2.44. The number of hydrogen-bond acceptors (Lipinski definition) is 4. The number of carboxylic acid groups (broad SMARTS) is 1. The van der Waals surface area contributed by atoms with Gasteiger partial charge in [0, 0.05) is 22.6 Å². The highest BCUT2D eigenvalue weighted by atomic mass is 32.2. The maximum Gasteiger partial charge on any atom is 0.337 e. The number of nitrogen functional groups attached to an aromatic ring is 1. The highest BCUT2D eigenvalue weighted by Gasteiger charge is 2.08. The van der Waals surface area contributed by atoms with Gasteiger partial charge in [0.2, 0.25) is 0 Å². The van der Waals surface area contributed by atoms with Crippen LogP contribution in [0.15, 0.2) is 18.2 Å². The molecule has 0 heterocycles. The fourth-order valence-electron chi connectivity index (χ4n) is 0.901. The zero-order chi connectivity index (χ0) is 10.7. The van der Waals surface area contributed by atoms with Crippen molar-refractivity contribution in [2.75, 3.05) is 10.5 Å². The number of carbonyl (C=O) groups is 1. The summed E-state index contributed by atoms with van der Waals surface area (Å²) < 4.78 is 22.5. The van der Waals surface area contributed by atoms with Crippen LogP contribution < -0.4 is 10.5 Å². The number of benzene rings is 1. The van der Waals surface area contributed by atoms with Crippen LogP contribution in [0.3, 0.4) is 0 Å². The second-order valence-corrected chi connectivity index (χ2v) is 3.12. The van der Waals surface area contributed by atoms with Gasteiger partial charge in [-0.15, -0.1) is 0 Å². The largest absolute Gasteiger partial charge is 0.755 e. The van der Waals surface area contributed by atoms with Crippen LogP contribution in [-0.2, 0) is 11.3 Å². The van der Waals surface area contributed by atoms with Gasteiger partial charge in [-0.05, 0) is 18.2 Å². The highest BCUT2D eigenvalue weighted by molar-refractivity contribution is 7.80. The van der Waals surface area contributed by atoms with Crippen molar-refractivity contribution in [2.24, 2.45) is 0 Å². The number of carboxylic acids is 1. The number of aromatic carboxylic acids is 1. The molecule has 6 nitrogen and oxygen atoms in total. The summed E-state index contributed by atoms with van der Waals surface area (Å²) in [4.78, 5) is 10.6. The Morgan fingerprint density at radius 1 is 1.57 bits per heavy atom. The Kier molecular flexibility index (Phi) is 3.05. The summed E-state index contributed by atoms with van der Waals surface area (Å²) in [7, 11) is 0. The molecule has 1 rings (SSSR count). The van der Waals surface area contributed by atoms with Crippen LogP contribution in [0.4, 0.5) is 11.4 Å². The Labute approximate surface area is 82.2 Å². The standard InChI is InChI=1S/C7H8N2O4S/c8-6-2-1-4(9-14(12)13)3-5(6)7(10)11/h1-3,9H,8H2,(H,10,11)(H,12,13)/p-1. The van der Waals surface area contributed by atoms with E-state index < -0.39 is 17.2 Å². The molecule has 0 radical (unpaired) electrons. The number of hydrogen-bond donors (Lipinski definition) is 3. The third-order valence-corrected chi connectivity index (χ3v) is 1.89. The van der Waals surface area contributed by atoms with E-state index in [1.165, 1.54) is 12.1 Å². The fraction of sp³-hybridized carbons (Fsp3) is 0. The molecule has 1 atom stereocenters. The van der Waals surface area contributed by atoms with Gasteiger partial charge in [-0.25, -0.2) is 4.79 Å². The van der Waals surface area contributed by atoms with E-state index in [1.54, 1.807) is 0 Å². The Balaban J connectivity index is 3.06. The van der Waals surface area contributed by atoms with Crippen molar-refractivity contribution < 1.29 is 18.7 Å². The Morgan fingerprint density at radius 2 is 2.21 bits per heavy atom. The molecule has 7 heteroatoms. The first kappa shape index (κ1) is 10.5. The van der Waals surface area contributed by atoms with Gasteiger partial charge in [0.25, 0.3) is 0 Å². The Bertz CT molecular complexity index is 393. The van der Waals surface area contributed by atoms with Crippen molar-refractivity contribution in [3.63, 3.8) is 0 Å². The lowest BCUT2D eigenvalue weighted by Gasteiger charge is -2.09. The molecule has 0 aliphatic carbocycles. The molecule has 0 fully saturated rings. The molecule has 0 saturated carbocycles. The van der Waals surface area contributed by atoms with Crippen molar-refractivity contribution in [2.45, 2.75) is 0 Å². The first-order valence-electron chi connectivity index (χ1n) is 3.49. The van der Waals surface area contributed by atoms with E-state index in [9.17, 15) is 13.6 Å². The van der Waals surface area contributed by atoms with Gasteiger partial charge in [-0.1, -0.05) is 0 Å². The summed E-state index contributed by atoms with van der Waals surface area (Å²) in [5, 5.41) is 8.66. The zero-order valence-electron chi connectivity index (χ0n) is 6.89. The minimum atomic E-state index is -2.48. The SMILES string of the molecule is Nc1ccc(NS(=O)[O-])cc1C(=O)O. The normalized spacial score (nSPS) is 12.1. The third-order valence-electron chi connectivity index (χ3n) is 1.48.